The molecule has 0 saturated carbocycles. The van der Waals surface area contributed by atoms with Crippen LogP contribution in [-0.2, 0) is 23.0 Å². The second-order valence-electron chi connectivity index (χ2n) is 9.93. The summed E-state index contributed by atoms with van der Waals surface area (Å²) in [6.45, 7) is 13.8. The number of benzene rings is 1. The molecule has 2 heterocycles. The van der Waals surface area contributed by atoms with Gasteiger partial charge in [0.1, 0.15) is 11.1 Å². The van der Waals surface area contributed by atoms with E-state index in [0.717, 1.165) is 42.9 Å². The SMILES string of the molecule is CCCN1CCc2c(sc(NC(=O)c3ccc(S(=O)(=O)N(CC(C)C)CC(C)C)cc3)c2C#N)C1. The molecule has 35 heavy (non-hydrogen) atoms. The van der Waals surface area contributed by atoms with E-state index in [1.807, 2.05) is 27.7 Å². The third-order valence-electron chi connectivity index (χ3n) is 5.91. The first-order valence-corrected chi connectivity index (χ1v) is 14.5. The zero-order chi connectivity index (χ0) is 25.8. The van der Waals surface area contributed by atoms with Crippen LogP contribution in [0.5, 0.6) is 0 Å². The van der Waals surface area contributed by atoms with Gasteiger partial charge in [-0.3, -0.25) is 9.69 Å². The number of fused-ring (bicyclic) bond motifs is 1. The molecule has 0 bridgehead atoms. The van der Waals surface area contributed by atoms with Gasteiger partial charge in [-0.2, -0.15) is 9.57 Å². The zero-order valence-corrected chi connectivity index (χ0v) is 22.9. The van der Waals surface area contributed by atoms with Crippen molar-refractivity contribution < 1.29 is 13.2 Å². The summed E-state index contributed by atoms with van der Waals surface area (Å²) in [5.74, 6) is 0.0535. The number of nitrogens with one attached hydrogen (secondary N) is 1. The third kappa shape index (κ3) is 6.50. The van der Waals surface area contributed by atoms with Gasteiger partial charge in [0.05, 0.1) is 10.5 Å². The highest BCUT2D eigenvalue weighted by Crippen LogP contribution is 2.37. The molecule has 0 saturated heterocycles. The van der Waals surface area contributed by atoms with E-state index in [1.165, 1.54) is 39.9 Å². The lowest BCUT2D eigenvalue weighted by molar-refractivity contribution is 0.102. The molecular formula is C26H36N4O3S2. The lowest BCUT2D eigenvalue weighted by Crippen LogP contribution is -2.37. The first-order chi connectivity index (χ1) is 16.6. The molecule has 1 aromatic heterocycles. The van der Waals surface area contributed by atoms with Gasteiger partial charge in [-0.05, 0) is 61.1 Å². The fraction of sp³-hybridized carbons (Fsp3) is 0.538. The summed E-state index contributed by atoms with van der Waals surface area (Å²) in [7, 11) is -3.66. The molecule has 1 aliphatic rings. The maximum atomic E-state index is 13.2. The van der Waals surface area contributed by atoms with Crippen LogP contribution in [-0.4, -0.2) is 49.7 Å². The minimum atomic E-state index is -3.66. The summed E-state index contributed by atoms with van der Waals surface area (Å²) in [6.07, 6.45) is 1.88. The Morgan fingerprint density at radius 3 is 2.34 bits per heavy atom. The Kier molecular flexibility index (Phi) is 9.11. The van der Waals surface area contributed by atoms with E-state index in [9.17, 15) is 18.5 Å². The number of amides is 1. The van der Waals surface area contributed by atoms with Crippen molar-refractivity contribution in [1.82, 2.24) is 9.21 Å². The van der Waals surface area contributed by atoms with Crippen LogP contribution in [0.15, 0.2) is 29.2 Å². The molecule has 0 radical (unpaired) electrons. The average molecular weight is 517 g/mol. The first kappa shape index (κ1) is 27.3. The summed E-state index contributed by atoms with van der Waals surface area (Å²) in [4.78, 5) is 16.6. The van der Waals surface area contributed by atoms with E-state index >= 15 is 0 Å². The Balaban J connectivity index is 1.78. The van der Waals surface area contributed by atoms with Crippen LogP contribution in [0.3, 0.4) is 0 Å². The molecule has 0 fully saturated rings. The highest BCUT2D eigenvalue weighted by molar-refractivity contribution is 7.89. The number of sulfonamides is 1. The van der Waals surface area contributed by atoms with Crippen LogP contribution in [0.25, 0.3) is 0 Å². The standard InChI is InChI=1S/C26H36N4O3S2/c1-6-12-29-13-11-22-23(14-27)26(34-24(22)17-29)28-25(31)20-7-9-21(10-8-20)35(32,33)30(15-18(2)3)16-19(4)5/h7-10,18-19H,6,11-13,15-17H2,1-5H3,(H,28,31). The van der Waals surface area contributed by atoms with Gasteiger partial charge in [-0.1, -0.05) is 34.6 Å². The number of anilines is 1. The van der Waals surface area contributed by atoms with Gasteiger partial charge < -0.3 is 5.32 Å². The largest absolute Gasteiger partial charge is 0.312 e. The minimum Gasteiger partial charge on any atom is -0.312 e. The Labute approximate surface area is 213 Å². The van der Waals surface area contributed by atoms with Crippen LogP contribution >= 0.6 is 11.3 Å². The van der Waals surface area contributed by atoms with Crippen molar-refractivity contribution in [3.8, 4) is 6.07 Å². The van der Waals surface area contributed by atoms with Crippen LogP contribution in [0.2, 0.25) is 0 Å². The number of nitriles is 1. The second-order valence-corrected chi connectivity index (χ2v) is 13.0. The predicted octanol–water partition coefficient (Wildman–Crippen LogP) is 4.94. The number of thiophene rings is 1. The lowest BCUT2D eigenvalue weighted by Gasteiger charge is -2.26. The molecular weight excluding hydrogens is 480 g/mol. The summed E-state index contributed by atoms with van der Waals surface area (Å²) in [5.41, 5.74) is 1.94. The van der Waals surface area contributed by atoms with E-state index in [1.54, 1.807) is 0 Å². The van der Waals surface area contributed by atoms with Gasteiger partial charge >= 0.3 is 0 Å². The van der Waals surface area contributed by atoms with Crippen LogP contribution < -0.4 is 5.32 Å². The molecule has 1 aromatic carbocycles. The van der Waals surface area contributed by atoms with Crippen LogP contribution in [0.1, 0.15) is 67.4 Å². The van der Waals surface area contributed by atoms with Gasteiger partial charge in [-0.15, -0.1) is 11.3 Å². The normalized spacial score (nSPS) is 14.4. The molecule has 9 heteroatoms. The maximum absolute atomic E-state index is 13.2. The van der Waals surface area contributed by atoms with Crippen molar-refractivity contribution in [3.05, 3.63) is 45.8 Å². The number of nitrogens with zero attached hydrogens (tertiary/aromatic N) is 3. The summed E-state index contributed by atoms with van der Waals surface area (Å²) < 4.78 is 28.0. The molecule has 0 spiro atoms. The fourth-order valence-electron chi connectivity index (χ4n) is 4.36. The van der Waals surface area contributed by atoms with Gasteiger partial charge in [0, 0.05) is 36.6 Å². The molecule has 1 aliphatic heterocycles. The first-order valence-electron chi connectivity index (χ1n) is 12.2. The summed E-state index contributed by atoms with van der Waals surface area (Å²) in [5, 5.41) is 13.2. The van der Waals surface area contributed by atoms with E-state index in [-0.39, 0.29) is 22.6 Å². The van der Waals surface area contributed by atoms with Crippen molar-refractivity contribution in [2.45, 2.75) is 58.9 Å². The summed E-state index contributed by atoms with van der Waals surface area (Å²) >= 11 is 1.46. The number of hydrogen-bond donors (Lipinski definition) is 1. The molecule has 0 aliphatic carbocycles. The molecule has 7 nitrogen and oxygen atoms in total. The van der Waals surface area contributed by atoms with E-state index in [4.69, 9.17) is 0 Å². The van der Waals surface area contributed by atoms with Crippen molar-refractivity contribution in [3.63, 3.8) is 0 Å². The number of rotatable bonds is 10. The van der Waals surface area contributed by atoms with Gasteiger partial charge in [0.15, 0.2) is 0 Å². The lowest BCUT2D eigenvalue weighted by atomic mass is 10.0. The second kappa shape index (κ2) is 11.7. The number of carbonyl (C=O) groups is 1. The van der Waals surface area contributed by atoms with Crippen LogP contribution in [0.4, 0.5) is 5.00 Å². The van der Waals surface area contributed by atoms with Crippen LogP contribution in [0, 0.1) is 23.2 Å². The Bertz CT molecular complexity index is 1170. The van der Waals surface area contributed by atoms with Crippen molar-refractivity contribution in [2.24, 2.45) is 11.8 Å². The van der Waals surface area contributed by atoms with E-state index < -0.39 is 10.0 Å². The van der Waals surface area contributed by atoms with Crippen molar-refractivity contribution in [1.29, 1.82) is 5.26 Å². The maximum Gasteiger partial charge on any atom is 0.256 e. The molecule has 0 atom stereocenters. The van der Waals surface area contributed by atoms with Gasteiger partial charge in [0.2, 0.25) is 10.0 Å². The number of carbonyl (C=O) groups excluding carboxylic acids is 1. The minimum absolute atomic E-state index is 0.177. The van der Waals surface area contributed by atoms with Gasteiger partial charge in [0.25, 0.3) is 5.91 Å². The average Bonchev–Trinajstić information content (AvgIpc) is 3.14. The van der Waals surface area contributed by atoms with Gasteiger partial charge in [-0.25, -0.2) is 8.42 Å². The highest BCUT2D eigenvalue weighted by atomic mass is 32.2. The Morgan fingerprint density at radius 1 is 1.17 bits per heavy atom. The molecule has 1 amide bonds. The Morgan fingerprint density at radius 2 is 1.80 bits per heavy atom. The molecule has 190 valence electrons. The topological polar surface area (TPSA) is 93.5 Å². The third-order valence-corrected chi connectivity index (χ3v) is 8.88. The molecule has 3 rings (SSSR count). The van der Waals surface area contributed by atoms with E-state index in [0.29, 0.717) is 29.2 Å². The predicted molar refractivity (Wildman–Crippen MR) is 141 cm³/mol. The smallest absolute Gasteiger partial charge is 0.256 e. The fourth-order valence-corrected chi connectivity index (χ4v) is 7.36. The monoisotopic (exact) mass is 516 g/mol. The highest BCUT2D eigenvalue weighted by Gasteiger charge is 2.27. The molecule has 1 N–H and O–H groups in total. The van der Waals surface area contributed by atoms with Crippen molar-refractivity contribution >= 4 is 32.3 Å². The zero-order valence-electron chi connectivity index (χ0n) is 21.3. The van der Waals surface area contributed by atoms with Crippen molar-refractivity contribution in [2.75, 3.05) is 31.5 Å². The molecule has 2 aromatic rings. The summed E-state index contributed by atoms with van der Waals surface area (Å²) in [6, 6.07) is 8.33. The quantitative estimate of drug-likeness (QED) is 0.483. The Hall–Kier alpha value is -2.25. The molecule has 0 unspecified atom stereocenters. The van der Waals surface area contributed by atoms with E-state index in [2.05, 4.69) is 23.2 Å². The number of hydrogen-bond acceptors (Lipinski definition) is 6.